The third-order valence-electron chi connectivity index (χ3n) is 7.17. The lowest BCUT2D eigenvalue weighted by molar-refractivity contribution is -0.113. The van der Waals surface area contributed by atoms with Gasteiger partial charge in [-0.1, -0.05) is 0 Å². The number of amides is 1. The molecule has 156 valence electrons. The molecule has 31 heavy (non-hydrogen) atoms. The van der Waals surface area contributed by atoms with Gasteiger partial charge in [0, 0.05) is 33.9 Å². The van der Waals surface area contributed by atoms with Crippen molar-refractivity contribution in [3.05, 3.63) is 40.9 Å². The summed E-state index contributed by atoms with van der Waals surface area (Å²) in [4.78, 5) is 23.1. The second-order valence-electron chi connectivity index (χ2n) is 9.00. The Labute approximate surface area is 187 Å². The lowest BCUT2D eigenvalue weighted by Crippen LogP contribution is -2.68. The minimum Gasteiger partial charge on any atom is -0.353 e. The first kappa shape index (κ1) is 18.8. The van der Waals surface area contributed by atoms with E-state index in [0.29, 0.717) is 29.3 Å². The molecule has 1 N–H and O–H groups in total. The van der Waals surface area contributed by atoms with Gasteiger partial charge < -0.3 is 10.2 Å². The highest BCUT2D eigenvalue weighted by molar-refractivity contribution is 9.10. The Morgan fingerprint density at radius 1 is 1.19 bits per heavy atom. The summed E-state index contributed by atoms with van der Waals surface area (Å²) in [6, 6.07) is 4.92. The van der Waals surface area contributed by atoms with Gasteiger partial charge >= 0.3 is 0 Å². The molecule has 2 aliphatic carbocycles. The first-order valence-electron chi connectivity index (χ1n) is 10.5. The van der Waals surface area contributed by atoms with Crippen molar-refractivity contribution >= 4 is 33.7 Å². The van der Waals surface area contributed by atoms with Crippen LogP contribution in [-0.4, -0.2) is 43.6 Å². The Hall–Kier alpha value is -2.99. The zero-order valence-corrected chi connectivity index (χ0v) is 18.3. The number of nitrogens with zero attached hydrogens (tertiary/aromatic N) is 6. The highest BCUT2D eigenvalue weighted by atomic mass is 79.9. The quantitative estimate of drug-likeness (QED) is 0.579. The Kier molecular flexibility index (Phi) is 4.09. The van der Waals surface area contributed by atoms with Crippen LogP contribution >= 0.6 is 15.9 Å². The van der Waals surface area contributed by atoms with Crippen LogP contribution in [-0.2, 0) is 4.79 Å². The molecule has 9 heteroatoms. The van der Waals surface area contributed by atoms with Crippen LogP contribution in [0, 0.1) is 17.2 Å². The van der Waals surface area contributed by atoms with Crippen molar-refractivity contribution in [2.75, 3.05) is 4.90 Å². The molecule has 0 aromatic carbocycles. The molecule has 2 saturated heterocycles. The smallest absolute Gasteiger partial charge is 0.207 e. The van der Waals surface area contributed by atoms with Crippen molar-refractivity contribution in [3.63, 3.8) is 0 Å². The standard InChI is InChI=1S/C22H20BrN7O/c23-15-3-18(21-14(7-24)8-28-29(21)11-15)19-9-26-20(10-25-19)30-16-1-13-2-17(30)6-22(4-13,5-16)27-12-31/h3,8-13,16-17H,1-2,4-6H2,(H,27,31). The normalized spacial score (nSPS) is 28.6. The van der Waals surface area contributed by atoms with Crippen LogP contribution in [0.15, 0.2) is 35.3 Å². The number of aromatic nitrogens is 4. The predicted molar refractivity (Wildman–Crippen MR) is 117 cm³/mol. The van der Waals surface area contributed by atoms with Crippen molar-refractivity contribution in [2.45, 2.75) is 49.7 Å². The minimum absolute atomic E-state index is 0.0419. The van der Waals surface area contributed by atoms with E-state index in [9.17, 15) is 10.1 Å². The maximum Gasteiger partial charge on any atom is 0.207 e. The molecule has 4 bridgehead atoms. The minimum atomic E-state index is -0.0419. The summed E-state index contributed by atoms with van der Waals surface area (Å²) in [5.41, 5.74) is 2.71. The van der Waals surface area contributed by atoms with Crippen molar-refractivity contribution in [3.8, 4) is 17.3 Å². The first-order chi connectivity index (χ1) is 15.1. The molecule has 4 fully saturated rings. The van der Waals surface area contributed by atoms with Gasteiger partial charge in [-0.2, -0.15) is 10.4 Å². The molecule has 1 amide bonds. The molecule has 2 unspecified atom stereocenters. The summed E-state index contributed by atoms with van der Waals surface area (Å²) >= 11 is 3.52. The third kappa shape index (κ3) is 2.85. The SMILES string of the molecule is N#Cc1cnn2cc(Br)cc(-c3cnc(N4C5CC6CC4CC(NC=O)(C6)C5)cn3)c12. The van der Waals surface area contributed by atoms with E-state index in [1.54, 1.807) is 16.9 Å². The number of piperidine rings is 2. The average molecular weight is 478 g/mol. The van der Waals surface area contributed by atoms with E-state index < -0.39 is 0 Å². The molecule has 3 aromatic rings. The first-order valence-corrected chi connectivity index (χ1v) is 11.3. The molecule has 5 heterocycles. The molecular weight excluding hydrogens is 458 g/mol. The number of halogens is 1. The van der Waals surface area contributed by atoms with Gasteiger partial charge in [-0.05, 0) is 60.0 Å². The number of hydrogen-bond acceptors (Lipinski definition) is 6. The molecule has 7 rings (SSSR count). The zero-order valence-electron chi connectivity index (χ0n) is 16.7. The molecule has 3 aromatic heterocycles. The lowest BCUT2D eigenvalue weighted by Gasteiger charge is -2.61. The van der Waals surface area contributed by atoms with Crippen LogP contribution in [0.4, 0.5) is 5.82 Å². The number of nitriles is 1. The van der Waals surface area contributed by atoms with Gasteiger partial charge in [0.25, 0.3) is 0 Å². The van der Waals surface area contributed by atoms with Gasteiger partial charge in [-0.3, -0.25) is 9.78 Å². The van der Waals surface area contributed by atoms with E-state index >= 15 is 0 Å². The fourth-order valence-corrected chi connectivity index (χ4v) is 6.68. The van der Waals surface area contributed by atoms with Crippen LogP contribution in [0.5, 0.6) is 0 Å². The van der Waals surface area contributed by atoms with Crippen LogP contribution in [0.25, 0.3) is 16.8 Å². The Morgan fingerprint density at radius 2 is 2.00 bits per heavy atom. The molecular formula is C22H20BrN7O. The fraction of sp³-hybridized carbons (Fsp3) is 0.409. The van der Waals surface area contributed by atoms with Crippen molar-refractivity contribution in [1.82, 2.24) is 24.9 Å². The number of fused-ring (bicyclic) bond motifs is 1. The van der Waals surface area contributed by atoms with Crippen LogP contribution in [0.2, 0.25) is 0 Å². The van der Waals surface area contributed by atoms with E-state index in [0.717, 1.165) is 59.9 Å². The monoisotopic (exact) mass is 477 g/mol. The van der Waals surface area contributed by atoms with Crippen LogP contribution in [0.1, 0.15) is 37.7 Å². The average Bonchev–Trinajstić information content (AvgIpc) is 3.16. The van der Waals surface area contributed by atoms with Crippen LogP contribution in [0.3, 0.4) is 0 Å². The fourth-order valence-electron chi connectivity index (χ4n) is 6.26. The molecule has 0 spiro atoms. The largest absolute Gasteiger partial charge is 0.353 e. The molecule has 2 saturated carbocycles. The summed E-state index contributed by atoms with van der Waals surface area (Å²) in [6.45, 7) is 0. The second kappa shape index (κ2) is 6.76. The van der Waals surface area contributed by atoms with Gasteiger partial charge in [-0.15, -0.1) is 0 Å². The van der Waals surface area contributed by atoms with Gasteiger partial charge in [0.05, 0.1) is 35.4 Å². The Morgan fingerprint density at radius 3 is 2.68 bits per heavy atom. The highest BCUT2D eigenvalue weighted by Crippen LogP contribution is 2.52. The third-order valence-corrected chi connectivity index (χ3v) is 7.61. The molecule has 2 aliphatic heterocycles. The summed E-state index contributed by atoms with van der Waals surface area (Å²) in [6.07, 6.45) is 13.2. The predicted octanol–water partition coefficient (Wildman–Crippen LogP) is 3.06. The van der Waals surface area contributed by atoms with Crippen LogP contribution < -0.4 is 10.2 Å². The topological polar surface area (TPSA) is 99.2 Å². The van der Waals surface area contributed by atoms with E-state index in [2.05, 4.69) is 37.3 Å². The zero-order chi connectivity index (χ0) is 21.2. The van der Waals surface area contributed by atoms with Crippen molar-refractivity contribution < 1.29 is 4.79 Å². The van der Waals surface area contributed by atoms with Crippen molar-refractivity contribution in [1.29, 1.82) is 5.26 Å². The number of rotatable bonds is 4. The van der Waals surface area contributed by atoms with Gasteiger partial charge in [0.15, 0.2) is 0 Å². The Bertz CT molecular complexity index is 1220. The summed E-state index contributed by atoms with van der Waals surface area (Å²) in [5, 5.41) is 16.9. The number of anilines is 1. The summed E-state index contributed by atoms with van der Waals surface area (Å²) in [7, 11) is 0. The van der Waals surface area contributed by atoms with Gasteiger partial charge in [0.1, 0.15) is 11.9 Å². The second-order valence-corrected chi connectivity index (χ2v) is 9.92. The van der Waals surface area contributed by atoms with E-state index in [1.165, 1.54) is 0 Å². The number of pyridine rings is 1. The number of hydrogen-bond donors (Lipinski definition) is 1. The summed E-state index contributed by atoms with van der Waals surface area (Å²) in [5.74, 6) is 1.56. The summed E-state index contributed by atoms with van der Waals surface area (Å²) < 4.78 is 2.54. The lowest BCUT2D eigenvalue weighted by atomic mass is 9.59. The number of nitrogens with one attached hydrogen (secondary N) is 1. The van der Waals surface area contributed by atoms with E-state index in [4.69, 9.17) is 9.97 Å². The number of carbonyl (C=O) groups is 1. The van der Waals surface area contributed by atoms with Gasteiger partial charge in [-0.25, -0.2) is 9.50 Å². The molecule has 8 nitrogen and oxygen atoms in total. The molecule has 0 radical (unpaired) electrons. The van der Waals surface area contributed by atoms with E-state index in [1.807, 2.05) is 18.5 Å². The Balaban J connectivity index is 1.35. The van der Waals surface area contributed by atoms with Gasteiger partial charge in [0.2, 0.25) is 6.41 Å². The van der Waals surface area contributed by atoms with Crippen molar-refractivity contribution in [2.24, 2.45) is 5.92 Å². The maximum atomic E-state index is 11.2. The maximum absolute atomic E-state index is 11.2. The molecule has 4 aliphatic rings. The molecule has 2 atom stereocenters. The number of carbonyl (C=O) groups excluding carboxylic acids is 1. The van der Waals surface area contributed by atoms with E-state index in [-0.39, 0.29) is 5.54 Å². The highest BCUT2D eigenvalue weighted by Gasteiger charge is 2.54.